The van der Waals surface area contributed by atoms with Crippen molar-refractivity contribution >= 4 is 29.2 Å². The number of hydrogen-bond acceptors (Lipinski definition) is 6. The van der Waals surface area contributed by atoms with E-state index in [-0.39, 0.29) is 5.91 Å². The first-order valence-corrected chi connectivity index (χ1v) is 8.22. The summed E-state index contributed by atoms with van der Waals surface area (Å²) in [5, 5.41) is 13.8. The summed E-state index contributed by atoms with van der Waals surface area (Å²) in [5.41, 5.74) is 2.77. The van der Waals surface area contributed by atoms with Crippen LogP contribution in [0.3, 0.4) is 0 Å². The van der Waals surface area contributed by atoms with Gasteiger partial charge in [0.2, 0.25) is 0 Å². The molecular formula is C20H18N4O3. The van der Waals surface area contributed by atoms with Crippen molar-refractivity contribution in [3.05, 3.63) is 77.4 Å². The predicted octanol–water partition coefficient (Wildman–Crippen LogP) is 3.57. The molecule has 7 heteroatoms. The van der Waals surface area contributed by atoms with Crippen molar-refractivity contribution in [2.24, 2.45) is 0 Å². The first-order chi connectivity index (χ1) is 13.0. The normalized spacial score (nSPS) is 10.1. The highest BCUT2D eigenvalue weighted by Gasteiger charge is 2.08. The Balaban J connectivity index is 1.63. The van der Waals surface area contributed by atoms with Crippen molar-refractivity contribution in [2.75, 3.05) is 17.7 Å². The Bertz CT molecular complexity index is 954. The number of nitrogens with zero attached hydrogens (tertiary/aromatic N) is 2. The number of amides is 1. The Morgan fingerprint density at radius 1 is 0.889 bits per heavy atom. The molecule has 1 amide bonds. The van der Waals surface area contributed by atoms with E-state index in [1.165, 1.54) is 7.11 Å². The standard InChI is InChI=1S/C20H18N4O3/c1-13-4-3-5-15(12-13)19(25)22-18-11-10-17(23-24-18)21-16-8-6-14(7-9-16)20(26)27-2/h3-12H,1-2H3,(H,21,23)(H,22,24,25). The highest BCUT2D eigenvalue weighted by Crippen LogP contribution is 2.16. The van der Waals surface area contributed by atoms with Gasteiger partial charge in [0.1, 0.15) is 0 Å². The van der Waals surface area contributed by atoms with Crippen LogP contribution in [0.25, 0.3) is 0 Å². The maximum absolute atomic E-state index is 12.2. The fourth-order valence-electron chi connectivity index (χ4n) is 2.40. The second kappa shape index (κ2) is 8.09. The van der Waals surface area contributed by atoms with Crippen molar-refractivity contribution < 1.29 is 14.3 Å². The minimum atomic E-state index is -0.393. The smallest absolute Gasteiger partial charge is 0.337 e. The first-order valence-electron chi connectivity index (χ1n) is 8.22. The van der Waals surface area contributed by atoms with E-state index < -0.39 is 5.97 Å². The van der Waals surface area contributed by atoms with E-state index in [4.69, 9.17) is 0 Å². The van der Waals surface area contributed by atoms with Gasteiger partial charge in [-0.05, 0) is 55.5 Å². The third kappa shape index (κ3) is 4.66. The molecule has 0 radical (unpaired) electrons. The molecule has 0 atom stereocenters. The Morgan fingerprint density at radius 3 is 2.22 bits per heavy atom. The minimum Gasteiger partial charge on any atom is -0.465 e. The monoisotopic (exact) mass is 362 g/mol. The summed E-state index contributed by atoms with van der Waals surface area (Å²) in [6.45, 7) is 1.93. The zero-order valence-electron chi connectivity index (χ0n) is 14.9. The van der Waals surface area contributed by atoms with Crippen molar-refractivity contribution in [1.29, 1.82) is 0 Å². The van der Waals surface area contributed by atoms with E-state index in [0.29, 0.717) is 22.8 Å². The van der Waals surface area contributed by atoms with Gasteiger partial charge in [-0.3, -0.25) is 4.79 Å². The topological polar surface area (TPSA) is 93.2 Å². The number of carbonyl (C=O) groups excluding carboxylic acids is 2. The van der Waals surface area contributed by atoms with Crippen LogP contribution in [0.2, 0.25) is 0 Å². The highest BCUT2D eigenvalue weighted by molar-refractivity contribution is 6.03. The van der Waals surface area contributed by atoms with Gasteiger partial charge in [-0.25, -0.2) is 4.79 Å². The molecule has 0 saturated heterocycles. The van der Waals surface area contributed by atoms with Gasteiger partial charge in [-0.2, -0.15) is 0 Å². The maximum Gasteiger partial charge on any atom is 0.337 e. The van der Waals surface area contributed by atoms with Crippen molar-refractivity contribution in [3.8, 4) is 0 Å². The molecule has 0 unspecified atom stereocenters. The lowest BCUT2D eigenvalue weighted by Crippen LogP contribution is -2.13. The van der Waals surface area contributed by atoms with Crippen LogP contribution in [0.4, 0.5) is 17.3 Å². The lowest BCUT2D eigenvalue weighted by molar-refractivity contribution is 0.0600. The SMILES string of the molecule is COC(=O)c1ccc(Nc2ccc(NC(=O)c3cccc(C)c3)nn2)cc1. The Hall–Kier alpha value is -3.74. The molecule has 2 N–H and O–H groups in total. The van der Waals surface area contributed by atoms with Crippen molar-refractivity contribution in [3.63, 3.8) is 0 Å². The molecule has 136 valence electrons. The number of nitrogens with one attached hydrogen (secondary N) is 2. The number of benzene rings is 2. The number of aromatic nitrogens is 2. The molecule has 1 aromatic heterocycles. The van der Waals surface area contributed by atoms with E-state index in [9.17, 15) is 9.59 Å². The van der Waals surface area contributed by atoms with E-state index >= 15 is 0 Å². The van der Waals surface area contributed by atoms with Crippen LogP contribution in [0, 0.1) is 6.92 Å². The van der Waals surface area contributed by atoms with Crippen molar-refractivity contribution in [2.45, 2.75) is 6.92 Å². The number of rotatable bonds is 5. The molecule has 0 saturated carbocycles. The van der Waals surface area contributed by atoms with E-state index in [1.807, 2.05) is 19.1 Å². The lowest BCUT2D eigenvalue weighted by atomic mass is 10.1. The lowest BCUT2D eigenvalue weighted by Gasteiger charge is -2.08. The molecule has 0 aliphatic rings. The zero-order valence-corrected chi connectivity index (χ0v) is 14.9. The number of aryl methyl sites for hydroxylation is 1. The van der Waals surface area contributed by atoms with Gasteiger partial charge < -0.3 is 15.4 Å². The zero-order chi connectivity index (χ0) is 19.2. The van der Waals surface area contributed by atoms with Crippen LogP contribution in [0.15, 0.2) is 60.7 Å². The predicted molar refractivity (Wildman–Crippen MR) is 102 cm³/mol. The largest absolute Gasteiger partial charge is 0.465 e. The van der Waals surface area contributed by atoms with Gasteiger partial charge in [0.05, 0.1) is 12.7 Å². The van der Waals surface area contributed by atoms with Gasteiger partial charge in [0, 0.05) is 11.3 Å². The number of esters is 1. The van der Waals surface area contributed by atoms with Gasteiger partial charge in [0.15, 0.2) is 11.6 Å². The summed E-state index contributed by atoms with van der Waals surface area (Å²) < 4.78 is 4.66. The average molecular weight is 362 g/mol. The minimum absolute atomic E-state index is 0.243. The Kier molecular flexibility index (Phi) is 5.41. The first kappa shape index (κ1) is 18.1. The molecule has 0 aliphatic heterocycles. The van der Waals surface area contributed by atoms with E-state index in [0.717, 1.165) is 11.3 Å². The number of ether oxygens (including phenoxy) is 1. The summed E-state index contributed by atoms with van der Waals surface area (Å²) in [6.07, 6.45) is 0. The molecule has 3 aromatic rings. The third-order valence-electron chi connectivity index (χ3n) is 3.76. The van der Waals surface area contributed by atoms with Gasteiger partial charge in [0.25, 0.3) is 5.91 Å². The quantitative estimate of drug-likeness (QED) is 0.674. The van der Waals surface area contributed by atoms with Crippen LogP contribution in [0.1, 0.15) is 26.3 Å². The molecule has 0 bridgehead atoms. The average Bonchev–Trinajstić information content (AvgIpc) is 2.69. The molecule has 3 rings (SSSR count). The summed E-state index contributed by atoms with van der Waals surface area (Å²) in [7, 11) is 1.34. The third-order valence-corrected chi connectivity index (χ3v) is 3.76. The number of anilines is 3. The van der Waals surface area contributed by atoms with Crippen molar-refractivity contribution in [1.82, 2.24) is 10.2 Å². The van der Waals surface area contributed by atoms with E-state index in [2.05, 4.69) is 25.6 Å². The van der Waals surface area contributed by atoms with Gasteiger partial charge in [-0.15, -0.1) is 10.2 Å². The molecule has 1 heterocycles. The second-order valence-corrected chi connectivity index (χ2v) is 5.82. The summed E-state index contributed by atoms with van der Waals surface area (Å²) >= 11 is 0. The van der Waals surface area contributed by atoms with Crippen LogP contribution in [-0.2, 0) is 4.74 Å². The van der Waals surface area contributed by atoms with Crippen LogP contribution in [-0.4, -0.2) is 29.2 Å². The molecule has 0 spiro atoms. The fourth-order valence-corrected chi connectivity index (χ4v) is 2.40. The molecule has 2 aromatic carbocycles. The summed E-state index contributed by atoms with van der Waals surface area (Å²) in [6, 6.07) is 17.4. The second-order valence-electron chi connectivity index (χ2n) is 5.82. The molecule has 7 nitrogen and oxygen atoms in total. The van der Waals surface area contributed by atoms with Gasteiger partial charge >= 0.3 is 5.97 Å². The number of carbonyl (C=O) groups is 2. The summed E-state index contributed by atoms with van der Waals surface area (Å²) in [4.78, 5) is 23.7. The molecule has 0 fully saturated rings. The highest BCUT2D eigenvalue weighted by atomic mass is 16.5. The van der Waals surface area contributed by atoms with Crippen LogP contribution >= 0.6 is 0 Å². The molecule has 0 aliphatic carbocycles. The van der Waals surface area contributed by atoms with Crippen LogP contribution < -0.4 is 10.6 Å². The Morgan fingerprint density at radius 2 is 1.59 bits per heavy atom. The summed E-state index contributed by atoms with van der Waals surface area (Å²) in [5.74, 6) is 0.227. The fraction of sp³-hybridized carbons (Fsp3) is 0.100. The molecule has 27 heavy (non-hydrogen) atoms. The van der Waals surface area contributed by atoms with E-state index in [1.54, 1.807) is 48.5 Å². The maximum atomic E-state index is 12.2. The van der Waals surface area contributed by atoms with Crippen LogP contribution in [0.5, 0.6) is 0 Å². The molecular weight excluding hydrogens is 344 g/mol. The number of methoxy groups -OCH3 is 1. The van der Waals surface area contributed by atoms with Gasteiger partial charge in [-0.1, -0.05) is 17.7 Å². The Labute approximate surface area is 156 Å². The number of hydrogen-bond donors (Lipinski definition) is 2.